The Morgan fingerprint density at radius 1 is 1.03 bits per heavy atom. The Labute approximate surface area is 183 Å². The predicted octanol–water partition coefficient (Wildman–Crippen LogP) is 4.00. The average Bonchev–Trinajstić information content (AvgIpc) is 3.13. The van der Waals surface area contributed by atoms with Crippen molar-refractivity contribution in [3.8, 4) is 11.5 Å². The van der Waals surface area contributed by atoms with E-state index in [0.29, 0.717) is 33.3 Å². The number of hydrogen-bond acceptors (Lipinski definition) is 9. The summed E-state index contributed by atoms with van der Waals surface area (Å²) < 4.78 is 69.0. The third-order valence-electron chi connectivity index (χ3n) is 3.48. The number of benzene rings is 2. The van der Waals surface area contributed by atoms with Gasteiger partial charge in [-0.05, 0) is 48.5 Å². The molecule has 0 saturated heterocycles. The first-order valence-electron chi connectivity index (χ1n) is 8.43. The molecule has 31 heavy (non-hydrogen) atoms. The highest BCUT2D eigenvalue weighted by Crippen LogP contribution is 2.29. The molecule has 0 spiro atoms. The van der Waals surface area contributed by atoms with E-state index in [9.17, 15) is 21.6 Å². The van der Waals surface area contributed by atoms with Crippen molar-refractivity contribution >= 4 is 43.9 Å². The molecule has 2 aromatic carbocycles. The average molecular weight is 493 g/mol. The normalized spacial score (nSPS) is 11.9. The van der Waals surface area contributed by atoms with Crippen LogP contribution in [0.4, 0.5) is 24.0 Å². The lowest BCUT2D eigenvalue weighted by molar-refractivity contribution is -0.274. The molecule has 0 saturated carbocycles. The second-order valence-electron chi connectivity index (χ2n) is 5.78. The lowest BCUT2D eigenvalue weighted by Crippen LogP contribution is -2.16. The molecule has 1 aromatic heterocycles. The van der Waals surface area contributed by atoms with Crippen LogP contribution in [0.25, 0.3) is 0 Å². The first-order valence-corrected chi connectivity index (χ1v) is 11.8. The van der Waals surface area contributed by atoms with Crippen LogP contribution in [0.2, 0.25) is 0 Å². The molecular formula is C17H15F3N4O4S3. The number of alkyl halides is 3. The van der Waals surface area contributed by atoms with E-state index >= 15 is 0 Å². The van der Waals surface area contributed by atoms with Crippen molar-refractivity contribution in [2.45, 2.75) is 15.6 Å². The highest BCUT2D eigenvalue weighted by Gasteiger charge is 2.30. The van der Waals surface area contributed by atoms with Crippen LogP contribution in [0.5, 0.6) is 11.5 Å². The molecule has 0 fully saturated rings. The summed E-state index contributed by atoms with van der Waals surface area (Å²) in [6, 6.07) is 11.0. The Morgan fingerprint density at radius 3 is 2.29 bits per heavy atom. The van der Waals surface area contributed by atoms with E-state index in [2.05, 4.69) is 20.3 Å². The van der Waals surface area contributed by atoms with Gasteiger partial charge in [0.05, 0.1) is 11.5 Å². The Hall–Kier alpha value is -2.55. The fraction of sp³-hybridized carbons (Fsp3) is 0.176. The number of aromatic nitrogens is 2. The molecule has 3 rings (SSSR count). The van der Waals surface area contributed by atoms with E-state index < -0.39 is 16.4 Å². The fourth-order valence-corrected chi connectivity index (χ4v) is 4.37. The standard InChI is InChI=1S/C17H15F3N4O4S3/c18-17(19,20)28-13-3-1-11(2-4-13)22-15-23-24-16(30-15)29-10-9-27-12-5-7-14(8-6-12)31(21,25)26/h1-8H,9-10H2,(H,22,23)(H2,21,25,26). The van der Waals surface area contributed by atoms with Crippen LogP contribution in [-0.2, 0) is 10.0 Å². The highest BCUT2D eigenvalue weighted by atomic mass is 32.2. The molecule has 0 bridgehead atoms. The van der Waals surface area contributed by atoms with E-state index in [1.807, 2.05) is 0 Å². The second kappa shape index (κ2) is 9.72. The third-order valence-corrected chi connectivity index (χ3v) is 6.34. The van der Waals surface area contributed by atoms with Gasteiger partial charge in [-0.2, -0.15) is 0 Å². The molecule has 0 aliphatic heterocycles. The minimum atomic E-state index is -4.74. The van der Waals surface area contributed by atoms with Crippen molar-refractivity contribution in [3.05, 3.63) is 48.5 Å². The zero-order chi connectivity index (χ0) is 22.5. The number of ether oxygens (including phenoxy) is 2. The number of thioether (sulfide) groups is 1. The molecule has 0 unspecified atom stereocenters. The Bertz CT molecular complexity index is 1100. The maximum atomic E-state index is 12.2. The van der Waals surface area contributed by atoms with Gasteiger partial charge in [0.15, 0.2) is 4.34 Å². The van der Waals surface area contributed by atoms with Gasteiger partial charge in [0.2, 0.25) is 15.2 Å². The maximum Gasteiger partial charge on any atom is 0.573 e. The first kappa shape index (κ1) is 23.1. The largest absolute Gasteiger partial charge is 0.573 e. The van der Waals surface area contributed by atoms with Crippen LogP contribution in [0.15, 0.2) is 57.8 Å². The van der Waals surface area contributed by atoms with E-state index in [0.717, 1.165) is 0 Å². The number of nitrogens with zero attached hydrogens (tertiary/aromatic N) is 2. The van der Waals surface area contributed by atoms with Gasteiger partial charge in [-0.25, -0.2) is 13.6 Å². The topological polar surface area (TPSA) is 116 Å². The summed E-state index contributed by atoms with van der Waals surface area (Å²) in [4.78, 5) is 0.00522. The summed E-state index contributed by atoms with van der Waals surface area (Å²) in [5.41, 5.74) is 0.536. The molecule has 0 amide bonds. The summed E-state index contributed by atoms with van der Waals surface area (Å²) >= 11 is 2.68. The lowest BCUT2D eigenvalue weighted by Gasteiger charge is -2.09. The second-order valence-corrected chi connectivity index (χ2v) is 9.66. The molecule has 0 aliphatic rings. The molecule has 166 valence electrons. The van der Waals surface area contributed by atoms with Gasteiger partial charge in [0.25, 0.3) is 0 Å². The SMILES string of the molecule is NS(=O)(=O)c1ccc(OCCSc2nnc(Nc3ccc(OC(F)(F)F)cc3)s2)cc1. The van der Waals surface area contributed by atoms with Gasteiger partial charge >= 0.3 is 6.36 Å². The molecule has 0 radical (unpaired) electrons. The predicted molar refractivity (Wildman–Crippen MR) is 110 cm³/mol. The van der Waals surface area contributed by atoms with Crippen molar-refractivity contribution in [1.82, 2.24) is 10.2 Å². The number of halogens is 3. The van der Waals surface area contributed by atoms with Crippen molar-refractivity contribution in [1.29, 1.82) is 0 Å². The number of primary sulfonamides is 1. The van der Waals surface area contributed by atoms with Crippen LogP contribution >= 0.6 is 23.1 Å². The Balaban J connectivity index is 1.44. The van der Waals surface area contributed by atoms with Gasteiger partial charge in [-0.1, -0.05) is 23.1 Å². The quantitative estimate of drug-likeness (QED) is 0.340. The third kappa shape index (κ3) is 7.57. The molecule has 1 heterocycles. The van der Waals surface area contributed by atoms with E-state index in [1.54, 1.807) is 0 Å². The van der Waals surface area contributed by atoms with Crippen LogP contribution in [0.3, 0.4) is 0 Å². The van der Waals surface area contributed by atoms with Crippen LogP contribution < -0.4 is 19.9 Å². The molecule has 14 heteroatoms. The lowest BCUT2D eigenvalue weighted by atomic mass is 10.3. The van der Waals surface area contributed by atoms with Gasteiger partial charge in [-0.3, -0.25) is 0 Å². The molecule has 0 aliphatic carbocycles. The number of nitrogens with two attached hydrogens (primary N) is 1. The number of sulfonamides is 1. The number of hydrogen-bond donors (Lipinski definition) is 2. The van der Waals surface area contributed by atoms with E-state index in [1.165, 1.54) is 71.6 Å². The minimum Gasteiger partial charge on any atom is -0.493 e. The van der Waals surface area contributed by atoms with Gasteiger partial charge in [0.1, 0.15) is 11.5 Å². The first-order chi connectivity index (χ1) is 14.6. The smallest absolute Gasteiger partial charge is 0.493 e. The number of rotatable bonds is 9. The van der Waals surface area contributed by atoms with Crippen LogP contribution in [-0.4, -0.2) is 37.3 Å². The molecule has 3 N–H and O–H groups in total. The van der Waals surface area contributed by atoms with Crippen molar-refractivity contribution in [2.75, 3.05) is 17.7 Å². The van der Waals surface area contributed by atoms with Crippen molar-refractivity contribution in [2.24, 2.45) is 5.14 Å². The summed E-state index contributed by atoms with van der Waals surface area (Å²) in [6.07, 6.45) is -4.74. The van der Waals surface area contributed by atoms with Crippen LogP contribution in [0, 0.1) is 0 Å². The number of anilines is 2. The van der Waals surface area contributed by atoms with Gasteiger partial charge in [0, 0.05) is 11.4 Å². The Kier molecular flexibility index (Phi) is 7.25. The zero-order valence-electron chi connectivity index (χ0n) is 15.5. The minimum absolute atomic E-state index is 0.00522. The maximum absolute atomic E-state index is 12.2. The molecule has 0 atom stereocenters. The van der Waals surface area contributed by atoms with Crippen molar-refractivity contribution in [3.63, 3.8) is 0 Å². The monoisotopic (exact) mass is 492 g/mol. The summed E-state index contributed by atoms with van der Waals surface area (Å²) in [7, 11) is -3.74. The summed E-state index contributed by atoms with van der Waals surface area (Å²) in [6.45, 7) is 0.350. The van der Waals surface area contributed by atoms with Gasteiger partial charge < -0.3 is 14.8 Å². The number of nitrogens with one attached hydrogen (secondary N) is 1. The molecular weight excluding hydrogens is 477 g/mol. The van der Waals surface area contributed by atoms with Crippen molar-refractivity contribution < 1.29 is 31.1 Å². The highest BCUT2D eigenvalue weighted by molar-refractivity contribution is 8.01. The molecule has 3 aromatic rings. The summed E-state index contributed by atoms with van der Waals surface area (Å²) in [5, 5.41) is 16.5. The fourth-order valence-electron chi connectivity index (χ4n) is 2.20. The zero-order valence-corrected chi connectivity index (χ0v) is 17.9. The summed E-state index contributed by atoms with van der Waals surface area (Å²) in [5.74, 6) is 0.756. The molecule has 8 nitrogen and oxygen atoms in total. The van der Waals surface area contributed by atoms with E-state index in [4.69, 9.17) is 9.88 Å². The Morgan fingerprint density at radius 2 is 1.68 bits per heavy atom. The van der Waals surface area contributed by atoms with Crippen LogP contribution in [0.1, 0.15) is 0 Å². The van der Waals surface area contributed by atoms with Gasteiger partial charge in [-0.15, -0.1) is 23.4 Å². The van der Waals surface area contributed by atoms with E-state index in [-0.39, 0.29) is 10.6 Å².